The van der Waals surface area contributed by atoms with Crippen molar-refractivity contribution < 1.29 is 0 Å². The van der Waals surface area contributed by atoms with Crippen LogP contribution in [0.4, 0.5) is 0 Å². The van der Waals surface area contributed by atoms with Crippen LogP contribution in [0.1, 0.15) is 24.1 Å². The molecule has 0 saturated heterocycles. The predicted molar refractivity (Wildman–Crippen MR) is 156 cm³/mol. The Bertz CT molecular complexity index is 1520. The molecule has 0 bridgehead atoms. The minimum atomic E-state index is -0.00506. The van der Waals surface area contributed by atoms with Crippen molar-refractivity contribution in [3.05, 3.63) is 151 Å². The van der Waals surface area contributed by atoms with E-state index in [1.165, 1.54) is 16.7 Å². The van der Waals surface area contributed by atoms with E-state index in [1.807, 2.05) is 42.9 Å². The average Bonchev–Trinajstić information content (AvgIpc) is 3.01. The van der Waals surface area contributed by atoms with Crippen LogP contribution in [0.3, 0.4) is 0 Å². The third-order valence-electron chi connectivity index (χ3n) is 6.96. The number of pyridine rings is 3. The lowest BCUT2D eigenvalue weighted by atomic mass is 9.83. The fourth-order valence-corrected chi connectivity index (χ4v) is 5.18. The maximum atomic E-state index is 5.02. The van der Waals surface area contributed by atoms with Gasteiger partial charge in [0.2, 0.25) is 0 Å². The molecule has 6 rings (SSSR count). The predicted octanol–water partition coefficient (Wildman–Crippen LogP) is 8.69. The number of hydrogen-bond donors (Lipinski definition) is 0. The van der Waals surface area contributed by atoms with Crippen LogP contribution in [0.5, 0.6) is 0 Å². The van der Waals surface area contributed by atoms with Gasteiger partial charge in [-0.1, -0.05) is 97.9 Å². The van der Waals surface area contributed by atoms with Gasteiger partial charge in [0.1, 0.15) is 0 Å². The Morgan fingerprint density at radius 2 is 1.08 bits per heavy atom. The molecule has 1 unspecified atom stereocenters. The summed E-state index contributed by atoms with van der Waals surface area (Å²) in [6.45, 7) is 2.24. The van der Waals surface area contributed by atoms with Crippen molar-refractivity contribution in [1.82, 2.24) is 15.0 Å². The lowest BCUT2D eigenvalue weighted by Crippen LogP contribution is -2.06. The van der Waals surface area contributed by atoms with Gasteiger partial charge in [-0.3, -0.25) is 15.0 Å². The van der Waals surface area contributed by atoms with Crippen LogP contribution in [-0.4, -0.2) is 15.0 Å². The fourth-order valence-electron chi connectivity index (χ4n) is 5.18. The normalized spacial score (nSPS) is 11.7. The Morgan fingerprint density at radius 1 is 0.447 bits per heavy atom. The second kappa shape index (κ2) is 10.6. The molecule has 0 aliphatic carbocycles. The maximum Gasteiger partial charge on any atom is 0.0711 e. The summed E-state index contributed by atoms with van der Waals surface area (Å²) in [5.41, 5.74) is 10.9. The smallest absolute Gasteiger partial charge is 0.0711 e. The molecule has 0 radical (unpaired) electrons. The first-order chi connectivity index (χ1) is 18.8. The highest BCUT2D eigenvalue weighted by atomic mass is 14.7. The van der Waals surface area contributed by atoms with Crippen LogP contribution in [0.15, 0.2) is 140 Å². The van der Waals surface area contributed by atoms with E-state index in [0.29, 0.717) is 0 Å². The lowest BCUT2D eigenvalue weighted by Gasteiger charge is -2.23. The molecule has 0 aliphatic rings. The first-order valence-corrected chi connectivity index (χ1v) is 12.9. The van der Waals surface area contributed by atoms with E-state index < -0.39 is 0 Å². The summed E-state index contributed by atoms with van der Waals surface area (Å²) in [6, 6.07) is 41.8. The van der Waals surface area contributed by atoms with Crippen LogP contribution in [0.25, 0.3) is 44.8 Å². The number of benzene rings is 3. The zero-order valence-electron chi connectivity index (χ0n) is 21.2. The zero-order chi connectivity index (χ0) is 25.7. The molecule has 3 heterocycles. The summed E-state index contributed by atoms with van der Waals surface area (Å²) < 4.78 is 0. The first-order valence-electron chi connectivity index (χ1n) is 12.9. The molecule has 3 aromatic carbocycles. The maximum absolute atomic E-state index is 5.02. The Kier molecular flexibility index (Phi) is 6.57. The van der Waals surface area contributed by atoms with Crippen LogP contribution in [0, 0.1) is 0 Å². The molecule has 0 fully saturated rings. The highest BCUT2D eigenvalue weighted by molar-refractivity contribution is 5.87. The van der Waals surface area contributed by atoms with Gasteiger partial charge in [-0.25, -0.2) is 0 Å². The molecule has 6 aromatic rings. The second-order valence-corrected chi connectivity index (χ2v) is 9.27. The van der Waals surface area contributed by atoms with E-state index in [4.69, 9.17) is 9.97 Å². The minimum Gasteiger partial charge on any atom is -0.260 e. The molecular formula is C35H27N3. The van der Waals surface area contributed by atoms with E-state index in [9.17, 15) is 0 Å². The van der Waals surface area contributed by atoms with Gasteiger partial charge in [-0.2, -0.15) is 0 Å². The highest BCUT2D eigenvalue weighted by Crippen LogP contribution is 2.43. The van der Waals surface area contributed by atoms with Crippen LogP contribution in [-0.2, 0) is 0 Å². The van der Waals surface area contributed by atoms with Gasteiger partial charge in [0, 0.05) is 41.2 Å². The van der Waals surface area contributed by atoms with Crippen molar-refractivity contribution in [1.29, 1.82) is 0 Å². The third kappa shape index (κ3) is 4.51. The molecule has 0 N–H and O–H groups in total. The zero-order valence-corrected chi connectivity index (χ0v) is 21.2. The molecule has 0 saturated carbocycles. The van der Waals surface area contributed by atoms with Crippen molar-refractivity contribution in [3.8, 4) is 44.8 Å². The van der Waals surface area contributed by atoms with E-state index >= 15 is 0 Å². The quantitative estimate of drug-likeness (QED) is 0.235. The lowest BCUT2D eigenvalue weighted by molar-refractivity contribution is 0.876. The van der Waals surface area contributed by atoms with Gasteiger partial charge in [0.05, 0.1) is 17.1 Å². The van der Waals surface area contributed by atoms with Crippen molar-refractivity contribution in [2.24, 2.45) is 0 Å². The molecule has 1 atom stereocenters. The van der Waals surface area contributed by atoms with Crippen molar-refractivity contribution in [3.63, 3.8) is 0 Å². The molecule has 3 heteroatoms. The Labute approximate surface area is 223 Å². The SMILES string of the molecule is CC(c1cccc(-c2ccccn2)c1-c1ccccn1)c1nccc(-c2ccccc2)c1-c1ccccc1. The van der Waals surface area contributed by atoms with Gasteiger partial charge in [-0.15, -0.1) is 0 Å². The van der Waals surface area contributed by atoms with Crippen LogP contribution >= 0.6 is 0 Å². The topological polar surface area (TPSA) is 38.7 Å². The molecule has 0 spiro atoms. The summed E-state index contributed by atoms with van der Waals surface area (Å²) in [4.78, 5) is 14.5. The summed E-state index contributed by atoms with van der Waals surface area (Å²) in [5, 5.41) is 0. The van der Waals surface area contributed by atoms with E-state index in [2.05, 4.69) is 109 Å². The molecule has 3 nitrogen and oxygen atoms in total. The number of aromatic nitrogens is 3. The largest absolute Gasteiger partial charge is 0.260 e. The van der Waals surface area contributed by atoms with Crippen LogP contribution in [0.2, 0.25) is 0 Å². The highest BCUT2D eigenvalue weighted by Gasteiger charge is 2.24. The van der Waals surface area contributed by atoms with E-state index in [1.54, 1.807) is 0 Å². The van der Waals surface area contributed by atoms with Gasteiger partial charge in [0.15, 0.2) is 0 Å². The van der Waals surface area contributed by atoms with Gasteiger partial charge >= 0.3 is 0 Å². The van der Waals surface area contributed by atoms with Gasteiger partial charge in [-0.05, 0) is 52.6 Å². The number of rotatable bonds is 6. The molecular weight excluding hydrogens is 462 g/mol. The molecule has 0 aliphatic heterocycles. The molecule has 182 valence electrons. The Morgan fingerprint density at radius 3 is 1.74 bits per heavy atom. The third-order valence-corrected chi connectivity index (χ3v) is 6.96. The number of hydrogen-bond acceptors (Lipinski definition) is 3. The monoisotopic (exact) mass is 489 g/mol. The summed E-state index contributed by atoms with van der Waals surface area (Å²) in [6.07, 6.45) is 5.62. The molecule has 38 heavy (non-hydrogen) atoms. The fraction of sp³-hybridized carbons (Fsp3) is 0.0571. The average molecular weight is 490 g/mol. The van der Waals surface area contributed by atoms with Crippen LogP contribution < -0.4 is 0 Å². The second-order valence-electron chi connectivity index (χ2n) is 9.27. The number of nitrogens with zero attached hydrogens (tertiary/aromatic N) is 3. The van der Waals surface area contributed by atoms with Gasteiger partial charge in [0.25, 0.3) is 0 Å². The molecule has 3 aromatic heterocycles. The summed E-state index contributed by atoms with van der Waals surface area (Å²) in [5.74, 6) is -0.00506. The molecule has 0 amide bonds. The minimum absolute atomic E-state index is 0.00506. The summed E-state index contributed by atoms with van der Waals surface area (Å²) >= 11 is 0. The standard InChI is InChI=1S/C35H27N3/c1-25(28-17-12-18-30(31-19-8-10-22-36-31)34(28)32-20-9-11-23-37-32)35-33(27-15-6-3-7-16-27)29(21-24-38-35)26-13-4-2-5-14-26/h2-25H,1H3. The van der Waals surface area contributed by atoms with Crippen molar-refractivity contribution in [2.75, 3.05) is 0 Å². The Balaban J connectivity index is 1.60. The Hall–Kier alpha value is -4.89. The van der Waals surface area contributed by atoms with Crippen molar-refractivity contribution >= 4 is 0 Å². The first kappa shape index (κ1) is 23.5. The van der Waals surface area contributed by atoms with Crippen molar-refractivity contribution in [2.45, 2.75) is 12.8 Å². The van der Waals surface area contributed by atoms with E-state index in [-0.39, 0.29) is 5.92 Å². The van der Waals surface area contributed by atoms with Gasteiger partial charge < -0.3 is 0 Å². The van der Waals surface area contributed by atoms with E-state index in [0.717, 1.165) is 39.3 Å². The summed E-state index contributed by atoms with van der Waals surface area (Å²) in [7, 11) is 0.